The van der Waals surface area contributed by atoms with Gasteiger partial charge in [-0.05, 0) is 20.8 Å². The van der Waals surface area contributed by atoms with Crippen LogP contribution in [0.15, 0.2) is 12.3 Å². The number of nitrogens with zero attached hydrogens (tertiary/aromatic N) is 1. The summed E-state index contributed by atoms with van der Waals surface area (Å²) < 4.78 is 0. The Morgan fingerprint density at radius 1 is 1.44 bits per heavy atom. The molecule has 0 spiro atoms. The molecule has 0 radical (unpaired) electrons. The number of rotatable bonds is 0. The molecule has 0 unspecified atom stereocenters. The highest BCUT2D eigenvalue weighted by atomic mass is 15.5. The highest BCUT2D eigenvalue weighted by molar-refractivity contribution is 4.92. The Labute approximate surface area is 56.5 Å². The van der Waals surface area contributed by atoms with Crippen LogP contribution >= 0.6 is 0 Å². The van der Waals surface area contributed by atoms with Crippen molar-refractivity contribution in [3.05, 3.63) is 12.3 Å². The van der Waals surface area contributed by atoms with E-state index in [1.807, 2.05) is 6.20 Å². The molecule has 1 heterocycles. The third-order valence-electron chi connectivity index (χ3n) is 1.45. The van der Waals surface area contributed by atoms with Crippen molar-refractivity contribution in [2.24, 2.45) is 0 Å². The van der Waals surface area contributed by atoms with Crippen LogP contribution < -0.4 is 5.43 Å². The average Bonchev–Trinajstić information content (AvgIpc) is 2.08. The van der Waals surface area contributed by atoms with Crippen molar-refractivity contribution < 1.29 is 0 Å². The van der Waals surface area contributed by atoms with Crippen molar-refractivity contribution in [3.63, 3.8) is 0 Å². The van der Waals surface area contributed by atoms with Gasteiger partial charge in [0.1, 0.15) is 0 Å². The topological polar surface area (TPSA) is 15.3 Å². The highest BCUT2D eigenvalue weighted by Gasteiger charge is 2.20. The Bertz CT molecular complexity index is 113. The molecule has 1 aliphatic heterocycles. The SMILES string of the molecule is CC(C)(C)N1CC=CN1. The standard InChI is InChI=1S/C7H14N2/c1-7(2,3)9-6-4-5-8-9/h4-5,8H,6H2,1-3H3. The maximum absolute atomic E-state index is 3.15. The molecule has 0 saturated carbocycles. The minimum absolute atomic E-state index is 0.240. The smallest absolute Gasteiger partial charge is 0.0382 e. The van der Waals surface area contributed by atoms with Crippen LogP contribution in [0.3, 0.4) is 0 Å². The van der Waals surface area contributed by atoms with Gasteiger partial charge in [0.25, 0.3) is 0 Å². The molecule has 0 fully saturated rings. The van der Waals surface area contributed by atoms with Crippen molar-refractivity contribution in [3.8, 4) is 0 Å². The lowest BCUT2D eigenvalue weighted by molar-refractivity contribution is 0.124. The molecule has 1 rings (SSSR count). The molecule has 0 aromatic carbocycles. The monoisotopic (exact) mass is 126 g/mol. The first-order chi connectivity index (χ1) is 4.11. The minimum atomic E-state index is 0.240. The van der Waals surface area contributed by atoms with Gasteiger partial charge in [-0.3, -0.25) is 0 Å². The Hall–Kier alpha value is -0.500. The zero-order valence-electron chi connectivity index (χ0n) is 6.31. The normalized spacial score (nSPS) is 20.3. The molecule has 2 heteroatoms. The maximum Gasteiger partial charge on any atom is 0.0382 e. The number of nitrogens with one attached hydrogen (secondary N) is 1. The zero-order valence-corrected chi connectivity index (χ0v) is 6.31. The van der Waals surface area contributed by atoms with E-state index in [9.17, 15) is 0 Å². The van der Waals surface area contributed by atoms with Crippen molar-refractivity contribution in [1.82, 2.24) is 10.4 Å². The minimum Gasteiger partial charge on any atom is -0.326 e. The van der Waals surface area contributed by atoms with Crippen LogP contribution in [0.4, 0.5) is 0 Å². The van der Waals surface area contributed by atoms with E-state index in [1.54, 1.807) is 0 Å². The van der Waals surface area contributed by atoms with Crippen molar-refractivity contribution >= 4 is 0 Å². The Morgan fingerprint density at radius 2 is 2.11 bits per heavy atom. The van der Waals surface area contributed by atoms with Crippen molar-refractivity contribution in [2.75, 3.05) is 6.54 Å². The molecule has 9 heavy (non-hydrogen) atoms. The summed E-state index contributed by atoms with van der Waals surface area (Å²) in [5.74, 6) is 0. The van der Waals surface area contributed by atoms with E-state index in [4.69, 9.17) is 0 Å². The van der Waals surface area contributed by atoms with Crippen molar-refractivity contribution in [2.45, 2.75) is 26.3 Å². The summed E-state index contributed by atoms with van der Waals surface area (Å²) in [7, 11) is 0. The van der Waals surface area contributed by atoms with Crippen molar-refractivity contribution in [1.29, 1.82) is 0 Å². The molecule has 0 aromatic rings. The lowest BCUT2D eigenvalue weighted by Crippen LogP contribution is -2.45. The summed E-state index contributed by atoms with van der Waals surface area (Å²) in [6, 6.07) is 0. The van der Waals surface area contributed by atoms with E-state index in [-0.39, 0.29) is 5.54 Å². The van der Waals surface area contributed by atoms with Gasteiger partial charge in [-0.1, -0.05) is 6.08 Å². The first-order valence-corrected chi connectivity index (χ1v) is 3.29. The zero-order chi connectivity index (χ0) is 6.91. The fourth-order valence-corrected chi connectivity index (χ4v) is 0.821. The fourth-order valence-electron chi connectivity index (χ4n) is 0.821. The van der Waals surface area contributed by atoms with Gasteiger partial charge in [-0.25, -0.2) is 5.01 Å². The fraction of sp³-hybridized carbons (Fsp3) is 0.714. The molecule has 0 aromatic heterocycles. The Morgan fingerprint density at radius 3 is 2.33 bits per heavy atom. The number of hydrogen-bond acceptors (Lipinski definition) is 2. The van der Waals surface area contributed by atoms with Crippen LogP contribution in [0.5, 0.6) is 0 Å². The molecule has 0 atom stereocenters. The van der Waals surface area contributed by atoms with E-state index in [2.05, 4.69) is 37.3 Å². The largest absolute Gasteiger partial charge is 0.326 e. The van der Waals surface area contributed by atoms with Gasteiger partial charge >= 0.3 is 0 Å². The Kier molecular flexibility index (Phi) is 1.49. The maximum atomic E-state index is 3.15. The van der Waals surface area contributed by atoms with Crippen LogP contribution in [0.25, 0.3) is 0 Å². The van der Waals surface area contributed by atoms with E-state index < -0.39 is 0 Å². The molecule has 1 N–H and O–H groups in total. The quantitative estimate of drug-likeness (QED) is 0.523. The van der Waals surface area contributed by atoms with Crippen LogP contribution in [0.2, 0.25) is 0 Å². The van der Waals surface area contributed by atoms with Gasteiger partial charge in [0.15, 0.2) is 0 Å². The first-order valence-electron chi connectivity index (χ1n) is 3.29. The second kappa shape index (κ2) is 2.03. The lowest BCUT2D eigenvalue weighted by atomic mass is 10.1. The van der Waals surface area contributed by atoms with Gasteiger partial charge < -0.3 is 5.43 Å². The summed E-state index contributed by atoms with van der Waals surface area (Å²) in [6.45, 7) is 7.58. The van der Waals surface area contributed by atoms with Gasteiger partial charge in [-0.15, -0.1) is 0 Å². The van der Waals surface area contributed by atoms with E-state index >= 15 is 0 Å². The molecular formula is C7H14N2. The molecule has 1 aliphatic rings. The van der Waals surface area contributed by atoms with Crippen LogP contribution in [0.1, 0.15) is 20.8 Å². The highest BCUT2D eigenvalue weighted by Crippen LogP contribution is 2.11. The third kappa shape index (κ3) is 1.45. The van der Waals surface area contributed by atoms with E-state index in [1.165, 1.54) is 0 Å². The summed E-state index contributed by atoms with van der Waals surface area (Å²) in [5, 5.41) is 2.19. The van der Waals surface area contributed by atoms with E-state index in [0.717, 1.165) is 6.54 Å². The summed E-state index contributed by atoms with van der Waals surface area (Å²) in [6.07, 6.45) is 4.09. The van der Waals surface area contributed by atoms with Crippen LogP contribution in [-0.4, -0.2) is 17.1 Å². The molecule has 52 valence electrons. The average molecular weight is 126 g/mol. The Balaban J connectivity index is 2.46. The number of hydrogen-bond donors (Lipinski definition) is 1. The van der Waals surface area contributed by atoms with Gasteiger partial charge in [0.2, 0.25) is 0 Å². The predicted octanol–water partition coefficient (Wildman–Crippen LogP) is 1.12. The first kappa shape index (κ1) is 6.62. The summed E-state index contributed by atoms with van der Waals surface area (Å²) >= 11 is 0. The lowest BCUT2D eigenvalue weighted by Gasteiger charge is -2.31. The number of hydrazine groups is 1. The third-order valence-corrected chi connectivity index (χ3v) is 1.45. The summed E-state index contributed by atoms with van der Waals surface area (Å²) in [4.78, 5) is 0. The van der Waals surface area contributed by atoms with Gasteiger partial charge in [0, 0.05) is 18.3 Å². The molecule has 0 amide bonds. The molecular weight excluding hydrogens is 112 g/mol. The molecule has 0 saturated heterocycles. The second-order valence-corrected chi connectivity index (χ2v) is 3.31. The molecule has 0 aliphatic carbocycles. The molecule has 0 bridgehead atoms. The van der Waals surface area contributed by atoms with E-state index in [0.29, 0.717) is 0 Å². The predicted molar refractivity (Wildman–Crippen MR) is 38.7 cm³/mol. The van der Waals surface area contributed by atoms with Crippen LogP contribution in [-0.2, 0) is 0 Å². The van der Waals surface area contributed by atoms with Gasteiger partial charge in [-0.2, -0.15) is 0 Å². The second-order valence-electron chi connectivity index (χ2n) is 3.31. The van der Waals surface area contributed by atoms with Gasteiger partial charge in [0.05, 0.1) is 0 Å². The molecule has 2 nitrogen and oxygen atoms in total. The van der Waals surface area contributed by atoms with Crippen LogP contribution in [0, 0.1) is 0 Å². The summed E-state index contributed by atoms with van der Waals surface area (Å²) in [5.41, 5.74) is 3.39.